The second-order valence-corrected chi connectivity index (χ2v) is 7.08. The summed E-state index contributed by atoms with van der Waals surface area (Å²) in [6.07, 6.45) is 2.00. The predicted molar refractivity (Wildman–Crippen MR) is 98.5 cm³/mol. The Labute approximate surface area is 139 Å². The quantitative estimate of drug-likeness (QED) is 0.564. The van der Waals surface area contributed by atoms with Crippen LogP contribution in [0.15, 0.2) is 66.9 Å². The van der Waals surface area contributed by atoms with Gasteiger partial charge in [0, 0.05) is 11.8 Å². The minimum Gasteiger partial charge on any atom is -0.256 e. The Balaban J connectivity index is 2.01. The van der Waals surface area contributed by atoms with Crippen molar-refractivity contribution >= 4 is 0 Å². The number of rotatable bonds is 2. The van der Waals surface area contributed by atoms with Gasteiger partial charge < -0.3 is 0 Å². The Morgan fingerprint density at radius 2 is 1.52 bits per heavy atom. The van der Waals surface area contributed by atoms with E-state index >= 15 is 0 Å². The van der Waals surface area contributed by atoms with Crippen molar-refractivity contribution in [1.29, 1.82) is 0 Å². The van der Waals surface area contributed by atoms with Crippen molar-refractivity contribution < 1.29 is 0 Å². The molecule has 1 aromatic heterocycles. The summed E-state index contributed by atoms with van der Waals surface area (Å²) in [6, 6.07) is 21.4. The summed E-state index contributed by atoms with van der Waals surface area (Å²) in [6.45, 7) is 8.79. The lowest BCUT2D eigenvalue weighted by atomic mass is 9.88. The molecule has 0 saturated heterocycles. The molecule has 0 amide bonds. The third-order valence-corrected chi connectivity index (χ3v) is 4.25. The summed E-state index contributed by atoms with van der Waals surface area (Å²) in [5, 5.41) is 0. The van der Waals surface area contributed by atoms with Gasteiger partial charge in [-0.25, -0.2) is 0 Å². The highest BCUT2D eigenvalue weighted by Gasteiger charge is 2.14. The van der Waals surface area contributed by atoms with E-state index in [2.05, 4.69) is 93.3 Å². The molecule has 0 radical (unpaired) electrons. The van der Waals surface area contributed by atoms with Crippen LogP contribution in [0, 0.1) is 6.92 Å². The van der Waals surface area contributed by atoms with Crippen molar-refractivity contribution in [3.63, 3.8) is 0 Å². The second kappa shape index (κ2) is 6.00. The number of aryl methyl sites for hydroxylation is 1. The highest BCUT2D eigenvalue weighted by atomic mass is 14.7. The van der Waals surface area contributed by atoms with Crippen LogP contribution in [-0.2, 0) is 5.41 Å². The van der Waals surface area contributed by atoms with E-state index in [1.807, 2.05) is 6.20 Å². The fraction of sp³-hybridized carbons (Fsp3) is 0.227. The van der Waals surface area contributed by atoms with Gasteiger partial charge in [-0.05, 0) is 46.7 Å². The average Bonchev–Trinajstić information content (AvgIpc) is 2.55. The van der Waals surface area contributed by atoms with Gasteiger partial charge in [0.1, 0.15) is 0 Å². The van der Waals surface area contributed by atoms with Gasteiger partial charge in [0.25, 0.3) is 0 Å². The second-order valence-electron chi connectivity index (χ2n) is 7.08. The first-order valence-corrected chi connectivity index (χ1v) is 8.08. The van der Waals surface area contributed by atoms with Gasteiger partial charge in [-0.3, -0.25) is 4.98 Å². The first-order chi connectivity index (χ1) is 10.9. The molecular formula is C22H23N. The Bertz CT molecular complexity index is 794. The zero-order chi connectivity index (χ0) is 16.4. The molecule has 0 aliphatic heterocycles. The van der Waals surface area contributed by atoms with Crippen LogP contribution in [0.2, 0.25) is 0 Å². The lowest BCUT2D eigenvalue weighted by Crippen LogP contribution is -2.11. The normalized spacial score (nSPS) is 11.5. The smallest absolute Gasteiger partial charge is 0.0702 e. The van der Waals surface area contributed by atoms with Gasteiger partial charge in [-0.15, -0.1) is 0 Å². The highest BCUT2D eigenvalue weighted by Crippen LogP contribution is 2.29. The van der Waals surface area contributed by atoms with Crippen LogP contribution in [0.5, 0.6) is 0 Å². The van der Waals surface area contributed by atoms with Crippen LogP contribution in [0.25, 0.3) is 22.4 Å². The molecule has 2 aromatic carbocycles. The number of hydrogen-bond donors (Lipinski definition) is 0. The van der Waals surface area contributed by atoms with Crippen LogP contribution >= 0.6 is 0 Å². The number of nitrogens with zero attached hydrogens (tertiary/aromatic N) is 1. The molecule has 116 valence electrons. The SMILES string of the molecule is Cc1ccc(-c2ccc(C(C)(C)C)cn2)cc1-c1ccccc1. The van der Waals surface area contributed by atoms with E-state index in [1.165, 1.54) is 22.3 Å². The molecule has 0 spiro atoms. The van der Waals surface area contributed by atoms with Crippen molar-refractivity contribution in [3.8, 4) is 22.4 Å². The van der Waals surface area contributed by atoms with Crippen LogP contribution in [-0.4, -0.2) is 4.98 Å². The number of hydrogen-bond acceptors (Lipinski definition) is 1. The molecule has 0 aliphatic rings. The Hall–Kier alpha value is -2.41. The minimum absolute atomic E-state index is 0.133. The molecule has 3 aromatic rings. The molecule has 1 nitrogen and oxygen atoms in total. The fourth-order valence-corrected chi connectivity index (χ4v) is 2.72. The molecule has 0 bridgehead atoms. The van der Waals surface area contributed by atoms with Crippen LogP contribution in [0.4, 0.5) is 0 Å². The Kier molecular flexibility index (Phi) is 4.04. The van der Waals surface area contributed by atoms with E-state index in [0.717, 1.165) is 11.3 Å². The zero-order valence-electron chi connectivity index (χ0n) is 14.3. The largest absolute Gasteiger partial charge is 0.256 e. The van der Waals surface area contributed by atoms with Crippen LogP contribution in [0.1, 0.15) is 31.9 Å². The molecule has 0 unspecified atom stereocenters. The Morgan fingerprint density at radius 3 is 2.13 bits per heavy atom. The van der Waals surface area contributed by atoms with E-state index < -0.39 is 0 Å². The number of benzene rings is 2. The van der Waals surface area contributed by atoms with Gasteiger partial charge in [-0.2, -0.15) is 0 Å². The lowest BCUT2D eigenvalue weighted by Gasteiger charge is -2.18. The van der Waals surface area contributed by atoms with E-state index in [0.29, 0.717) is 0 Å². The number of aromatic nitrogens is 1. The first kappa shape index (κ1) is 15.5. The van der Waals surface area contributed by atoms with E-state index in [4.69, 9.17) is 0 Å². The molecule has 0 fully saturated rings. The van der Waals surface area contributed by atoms with Gasteiger partial charge in [0.15, 0.2) is 0 Å². The molecular weight excluding hydrogens is 278 g/mol. The van der Waals surface area contributed by atoms with E-state index in [1.54, 1.807) is 0 Å². The molecule has 0 N–H and O–H groups in total. The summed E-state index contributed by atoms with van der Waals surface area (Å²) in [5.41, 5.74) is 7.38. The van der Waals surface area contributed by atoms with Crippen molar-refractivity contribution in [2.45, 2.75) is 33.1 Å². The molecule has 1 heterocycles. The van der Waals surface area contributed by atoms with Crippen LogP contribution < -0.4 is 0 Å². The standard InChI is InChI=1S/C22H23N/c1-16-10-11-18(14-20(16)17-8-6-5-7-9-17)21-13-12-19(15-23-21)22(2,3)4/h5-15H,1-4H3. The fourth-order valence-electron chi connectivity index (χ4n) is 2.72. The topological polar surface area (TPSA) is 12.9 Å². The zero-order valence-corrected chi connectivity index (χ0v) is 14.3. The lowest BCUT2D eigenvalue weighted by molar-refractivity contribution is 0.587. The van der Waals surface area contributed by atoms with Gasteiger partial charge in [0.05, 0.1) is 5.69 Å². The van der Waals surface area contributed by atoms with Crippen molar-refractivity contribution in [2.75, 3.05) is 0 Å². The summed E-state index contributed by atoms with van der Waals surface area (Å²) in [4.78, 5) is 4.68. The third kappa shape index (κ3) is 3.34. The highest BCUT2D eigenvalue weighted by molar-refractivity contribution is 5.74. The maximum absolute atomic E-state index is 4.68. The maximum atomic E-state index is 4.68. The third-order valence-electron chi connectivity index (χ3n) is 4.25. The van der Waals surface area contributed by atoms with Gasteiger partial charge in [-0.1, -0.05) is 69.3 Å². The molecule has 23 heavy (non-hydrogen) atoms. The molecule has 0 saturated carbocycles. The van der Waals surface area contributed by atoms with Gasteiger partial charge in [0.2, 0.25) is 0 Å². The average molecular weight is 301 g/mol. The Morgan fingerprint density at radius 1 is 0.783 bits per heavy atom. The predicted octanol–water partition coefficient (Wildman–Crippen LogP) is 6.02. The van der Waals surface area contributed by atoms with Gasteiger partial charge >= 0.3 is 0 Å². The van der Waals surface area contributed by atoms with Crippen molar-refractivity contribution in [1.82, 2.24) is 4.98 Å². The van der Waals surface area contributed by atoms with E-state index in [-0.39, 0.29) is 5.41 Å². The van der Waals surface area contributed by atoms with Crippen molar-refractivity contribution in [2.24, 2.45) is 0 Å². The summed E-state index contributed by atoms with van der Waals surface area (Å²) in [7, 11) is 0. The van der Waals surface area contributed by atoms with Crippen LogP contribution in [0.3, 0.4) is 0 Å². The molecule has 0 aliphatic carbocycles. The minimum atomic E-state index is 0.133. The first-order valence-electron chi connectivity index (χ1n) is 8.08. The van der Waals surface area contributed by atoms with E-state index in [9.17, 15) is 0 Å². The maximum Gasteiger partial charge on any atom is 0.0702 e. The number of pyridine rings is 1. The monoisotopic (exact) mass is 301 g/mol. The molecule has 0 atom stereocenters. The summed E-state index contributed by atoms with van der Waals surface area (Å²) in [5.74, 6) is 0. The molecule has 3 rings (SSSR count). The summed E-state index contributed by atoms with van der Waals surface area (Å²) >= 11 is 0. The summed E-state index contributed by atoms with van der Waals surface area (Å²) < 4.78 is 0. The molecule has 1 heteroatoms. The van der Waals surface area contributed by atoms with Crippen molar-refractivity contribution in [3.05, 3.63) is 78.0 Å².